The van der Waals surface area contributed by atoms with Gasteiger partial charge in [0.25, 0.3) is 11.8 Å². The molecule has 2 N–H and O–H groups in total. The number of hydrogen-bond donors (Lipinski definition) is 2. The molecular weight excluding hydrogens is 430 g/mol. The Balaban J connectivity index is 1.22. The van der Waals surface area contributed by atoms with Crippen molar-refractivity contribution in [1.82, 2.24) is 15.5 Å². The molecule has 0 unspecified atom stereocenters. The predicted molar refractivity (Wildman–Crippen MR) is 133 cm³/mol. The quantitative estimate of drug-likeness (QED) is 0.497. The maximum atomic E-state index is 12.5. The summed E-state index contributed by atoms with van der Waals surface area (Å²) < 4.78 is 0. The van der Waals surface area contributed by atoms with E-state index in [-0.39, 0.29) is 11.8 Å². The Morgan fingerprint density at radius 2 is 1.30 bits per heavy atom. The molecule has 0 atom stereocenters. The first-order chi connectivity index (χ1) is 16.2. The Labute approximate surface area is 199 Å². The second-order valence-electron chi connectivity index (χ2n) is 8.55. The SMILES string of the molecule is O=C(NCc1ccc(CN2CCCCCC2)cc1)c1ccc(CNC(=O)c2cccs2)cc1. The lowest BCUT2D eigenvalue weighted by atomic mass is 10.1. The predicted octanol–water partition coefficient (Wildman–Crippen LogP) is 4.98. The van der Waals surface area contributed by atoms with Crippen LogP contribution >= 0.6 is 11.3 Å². The number of nitrogens with zero attached hydrogens (tertiary/aromatic N) is 1. The number of benzene rings is 2. The van der Waals surface area contributed by atoms with Crippen molar-refractivity contribution in [3.05, 3.63) is 93.2 Å². The van der Waals surface area contributed by atoms with Gasteiger partial charge < -0.3 is 10.6 Å². The van der Waals surface area contributed by atoms with Crippen molar-refractivity contribution in [1.29, 1.82) is 0 Å². The molecule has 2 aromatic carbocycles. The molecule has 0 bridgehead atoms. The molecule has 4 rings (SSSR count). The van der Waals surface area contributed by atoms with Gasteiger partial charge in [-0.05, 0) is 66.2 Å². The van der Waals surface area contributed by atoms with E-state index < -0.39 is 0 Å². The second-order valence-corrected chi connectivity index (χ2v) is 9.49. The Morgan fingerprint density at radius 1 is 0.727 bits per heavy atom. The van der Waals surface area contributed by atoms with Crippen LogP contribution in [0.4, 0.5) is 0 Å². The zero-order chi connectivity index (χ0) is 22.9. The fourth-order valence-corrected chi connectivity index (χ4v) is 4.69. The zero-order valence-corrected chi connectivity index (χ0v) is 19.7. The zero-order valence-electron chi connectivity index (χ0n) is 18.9. The minimum atomic E-state index is -0.0992. The van der Waals surface area contributed by atoms with Crippen LogP contribution in [0.2, 0.25) is 0 Å². The first kappa shape index (κ1) is 23.2. The number of carbonyl (C=O) groups excluding carboxylic acids is 2. The number of thiophene rings is 1. The number of rotatable bonds is 8. The lowest BCUT2D eigenvalue weighted by Crippen LogP contribution is -2.24. The molecule has 2 heterocycles. The van der Waals surface area contributed by atoms with Gasteiger partial charge in [0.1, 0.15) is 0 Å². The summed E-state index contributed by atoms with van der Waals surface area (Å²) in [5, 5.41) is 7.78. The van der Waals surface area contributed by atoms with E-state index in [1.165, 1.54) is 55.7 Å². The smallest absolute Gasteiger partial charge is 0.261 e. The first-order valence-corrected chi connectivity index (χ1v) is 12.5. The lowest BCUT2D eigenvalue weighted by molar-refractivity contribution is 0.0943. The summed E-state index contributed by atoms with van der Waals surface area (Å²) in [4.78, 5) is 27.8. The summed E-state index contributed by atoms with van der Waals surface area (Å²) in [5.41, 5.74) is 3.99. The van der Waals surface area contributed by atoms with Gasteiger partial charge in [0.2, 0.25) is 0 Å². The largest absolute Gasteiger partial charge is 0.348 e. The Hall–Kier alpha value is -2.96. The van der Waals surface area contributed by atoms with E-state index in [0.717, 1.165) is 17.7 Å². The second kappa shape index (κ2) is 11.8. The van der Waals surface area contributed by atoms with Gasteiger partial charge in [0.05, 0.1) is 4.88 Å². The van der Waals surface area contributed by atoms with E-state index >= 15 is 0 Å². The number of likely N-dealkylation sites (tertiary alicyclic amines) is 1. The molecule has 0 saturated carbocycles. The molecule has 0 spiro atoms. The molecule has 1 saturated heterocycles. The molecule has 0 aliphatic carbocycles. The molecule has 2 amide bonds. The van der Waals surface area contributed by atoms with Gasteiger partial charge in [-0.25, -0.2) is 0 Å². The van der Waals surface area contributed by atoms with Gasteiger partial charge >= 0.3 is 0 Å². The van der Waals surface area contributed by atoms with E-state index in [4.69, 9.17) is 0 Å². The maximum Gasteiger partial charge on any atom is 0.261 e. The van der Waals surface area contributed by atoms with Crippen LogP contribution in [0.25, 0.3) is 0 Å². The van der Waals surface area contributed by atoms with Crippen molar-refractivity contribution >= 4 is 23.2 Å². The van der Waals surface area contributed by atoms with Crippen molar-refractivity contribution in [2.75, 3.05) is 13.1 Å². The normalized spacial score (nSPS) is 14.4. The van der Waals surface area contributed by atoms with Crippen molar-refractivity contribution in [2.24, 2.45) is 0 Å². The topological polar surface area (TPSA) is 61.4 Å². The maximum absolute atomic E-state index is 12.5. The third-order valence-corrected chi connectivity index (χ3v) is 6.86. The summed E-state index contributed by atoms with van der Waals surface area (Å²) in [7, 11) is 0. The van der Waals surface area contributed by atoms with Gasteiger partial charge in [-0.2, -0.15) is 0 Å². The van der Waals surface area contributed by atoms with Crippen LogP contribution in [0.5, 0.6) is 0 Å². The van der Waals surface area contributed by atoms with Crippen LogP contribution in [-0.2, 0) is 19.6 Å². The molecule has 1 fully saturated rings. The summed E-state index contributed by atoms with van der Waals surface area (Å²) in [6.07, 6.45) is 5.30. The van der Waals surface area contributed by atoms with Crippen LogP contribution in [0.3, 0.4) is 0 Å². The van der Waals surface area contributed by atoms with Crippen molar-refractivity contribution < 1.29 is 9.59 Å². The average Bonchev–Trinajstić information content (AvgIpc) is 3.28. The van der Waals surface area contributed by atoms with E-state index in [9.17, 15) is 9.59 Å². The van der Waals surface area contributed by atoms with Crippen LogP contribution in [0, 0.1) is 0 Å². The molecule has 172 valence electrons. The van der Waals surface area contributed by atoms with Gasteiger partial charge in [-0.1, -0.05) is 55.3 Å². The van der Waals surface area contributed by atoms with Gasteiger partial charge in [0.15, 0.2) is 0 Å². The number of carbonyl (C=O) groups is 2. The number of nitrogens with one attached hydrogen (secondary N) is 2. The molecule has 1 aliphatic heterocycles. The minimum absolute atomic E-state index is 0.0794. The fraction of sp³-hybridized carbons (Fsp3) is 0.333. The van der Waals surface area contributed by atoms with Gasteiger partial charge in [0, 0.05) is 25.2 Å². The molecule has 1 aromatic heterocycles. The molecule has 33 heavy (non-hydrogen) atoms. The summed E-state index contributed by atoms with van der Waals surface area (Å²) >= 11 is 1.42. The van der Waals surface area contributed by atoms with Crippen LogP contribution in [-0.4, -0.2) is 29.8 Å². The lowest BCUT2D eigenvalue weighted by Gasteiger charge is -2.19. The molecule has 3 aromatic rings. The average molecular weight is 462 g/mol. The van der Waals surface area contributed by atoms with Crippen molar-refractivity contribution in [3.63, 3.8) is 0 Å². The fourth-order valence-electron chi connectivity index (χ4n) is 4.05. The number of hydrogen-bond acceptors (Lipinski definition) is 4. The minimum Gasteiger partial charge on any atom is -0.348 e. The molecule has 0 radical (unpaired) electrons. The monoisotopic (exact) mass is 461 g/mol. The highest BCUT2D eigenvalue weighted by molar-refractivity contribution is 7.12. The highest BCUT2D eigenvalue weighted by Gasteiger charge is 2.10. The van der Waals surface area contributed by atoms with Gasteiger partial charge in [-0.3, -0.25) is 14.5 Å². The highest BCUT2D eigenvalue weighted by Crippen LogP contribution is 2.14. The summed E-state index contributed by atoms with van der Waals surface area (Å²) in [6, 6.07) is 19.6. The number of amides is 2. The first-order valence-electron chi connectivity index (χ1n) is 11.7. The Morgan fingerprint density at radius 3 is 1.91 bits per heavy atom. The third-order valence-electron chi connectivity index (χ3n) is 6.00. The summed E-state index contributed by atoms with van der Waals surface area (Å²) in [5.74, 6) is -0.179. The molecular formula is C27H31N3O2S. The van der Waals surface area contributed by atoms with Crippen molar-refractivity contribution in [2.45, 2.75) is 45.3 Å². The van der Waals surface area contributed by atoms with Crippen LogP contribution in [0.15, 0.2) is 66.0 Å². The van der Waals surface area contributed by atoms with Crippen LogP contribution < -0.4 is 10.6 Å². The van der Waals surface area contributed by atoms with E-state index in [2.05, 4.69) is 39.8 Å². The van der Waals surface area contributed by atoms with E-state index in [0.29, 0.717) is 23.5 Å². The molecule has 6 heteroatoms. The van der Waals surface area contributed by atoms with Crippen molar-refractivity contribution in [3.8, 4) is 0 Å². The highest BCUT2D eigenvalue weighted by atomic mass is 32.1. The standard InChI is InChI=1S/C27H31N3O2S/c31-26(24-13-11-22(12-14-24)19-29-27(32)25-6-5-17-33-25)28-18-21-7-9-23(10-8-21)20-30-15-3-1-2-4-16-30/h5-14,17H,1-4,15-16,18-20H2,(H,28,31)(H,29,32). The molecule has 1 aliphatic rings. The summed E-state index contributed by atoms with van der Waals surface area (Å²) in [6.45, 7) is 4.33. The van der Waals surface area contributed by atoms with E-state index in [1.807, 2.05) is 23.6 Å². The third kappa shape index (κ3) is 7.01. The Kier molecular flexibility index (Phi) is 8.28. The molecule has 5 nitrogen and oxygen atoms in total. The van der Waals surface area contributed by atoms with Gasteiger partial charge in [-0.15, -0.1) is 11.3 Å². The Bertz CT molecular complexity index is 1020. The van der Waals surface area contributed by atoms with Crippen LogP contribution in [0.1, 0.15) is 62.4 Å². The van der Waals surface area contributed by atoms with E-state index in [1.54, 1.807) is 18.2 Å².